The SMILES string of the molecule is CCC(=O)Nc1cccc(-c2noc(C3CCN(C(=O)/C=C/c4ccc(OC)cc4)CC3)n2)c1. The second-order valence-corrected chi connectivity index (χ2v) is 8.14. The molecule has 2 aromatic carbocycles. The maximum absolute atomic E-state index is 12.6. The maximum Gasteiger partial charge on any atom is 0.246 e. The summed E-state index contributed by atoms with van der Waals surface area (Å²) in [6.07, 6.45) is 5.36. The first kappa shape index (κ1) is 23.2. The van der Waals surface area contributed by atoms with E-state index >= 15 is 0 Å². The quantitative estimate of drug-likeness (QED) is 0.521. The Balaban J connectivity index is 1.33. The van der Waals surface area contributed by atoms with E-state index in [1.54, 1.807) is 20.1 Å². The van der Waals surface area contributed by atoms with Gasteiger partial charge in [-0.3, -0.25) is 9.59 Å². The van der Waals surface area contributed by atoms with Gasteiger partial charge in [-0.2, -0.15) is 4.98 Å². The molecule has 176 valence electrons. The lowest BCUT2D eigenvalue weighted by Gasteiger charge is -2.29. The Morgan fingerprint density at radius 2 is 1.94 bits per heavy atom. The first-order valence-electron chi connectivity index (χ1n) is 11.4. The van der Waals surface area contributed by atoms with Crippen molar-refractivity contribution in [1.82, 2.24) is 15.0 Å². The van der Waals surface area contributed by atoms with Crippen LogP contribution in [-0.2, 0) is 9.59 Å². The van der Waals surface area contributed by atoms with Crippen LogP contribution in [0.15, 0.2) is 59.1 Å². The van der Waals surface area contributed by atoms with Crippen LogP contribution in [0.3, 0.4) is 0 Å². The van der Waals surface area contributed by atoms with E-state index in [0.29, 0.717) is 36.9 Å². The number of hydrogen-bond acceptors (Lipinski definition) is 6. The van der Waals surface area contributed by atoms with Gasteiger partial charge in [0.1, 0.15) is 5.75 Å². The van der Waals surface area contributed by atoms with Crippen LogP contribution in [0, 0.1) is 0 Å². The fourth-order valence-corrected chi connectivity index (χ4v) is 3.84. The molecule has 1 N–H and O–H groups in total. The van der Waals surface area contributed by atoms with Gasteiger partial charge in [-0.25, -0.2) is 0 Å². The fraction of sp³-hybridized carbons (Fsp3) is 0.308. The zero-order valence-corrected chi connectivity index (χ0v) is 19.4. The predicted octanol–water partition coefficient (Wildman–Crippen LogP) is 4.51. The molecule has 1 aliphatic rings. The normalized spacial score (nSPS) is 14.4. The zero-order valence-electron chi connectivity index (χ0n) is 19.4. The average molecular weight is 461 g/mol. The number of methoxy groups -OCH3 is 1. The largest absolute Gasteiger partial charge is 0.497 e. The highest BCUT2D eigenvalue weighted by molar-refractivity contribution is 5.92. The minimum atomic E-state index is -0.0499. The summed E-state index contributed by atoms with van der Waals surface area (Å²) in [5.74, 6) is 1.91. The third-order valence-electron chi connectivity index (χ3n) is 5.86. The number of nitrogens with one attached hydrogen (secondary N) is 1. The standard InChI is InChI=1S/C26H28N4O4/c1-3-23(31)27-21-6-4-5-20(17-21)25-28-26(34-29-25)19-13-15-30(16-14-19)24(32)12-9-18-7-10-22(33-2)11-8-18/h4-12,17,19H,3,13-16H2,1-2H3,(H,27,31)/b12-9+. The molecule has 1 aromatic heterocycles. The molecule has 0 atom stereocenters. The molecule has 2 amide bonds. The number of nitrogens with zero attached hydrogens (tertiary/aromatic N) is 3. The second kappa shape index (κ2) is 10.8. The molecule has 0 aliphatic carbocycles. The molecule has 1 fully saturated rings. The number of anilines is 1. The van der Waals surface area contributed by atoms with E-state index in [1.807, 2.05) is 59.5 Å². The van der Waals surface area contributed by atoms with Crippen molar-refractivity contribution in [3.05, 3.63) is 66.1 Å². The minimum Gasteiger partial charge on any atom is -0.497 e. The molecular weight excluding hydrogens is 432 g/mol. The molecule has 0 saturated carbocycles. The maximum atomic E-state index is 12.6. The molecule has 1 aliphatic heterocycles. The number of rotatable bonds is 7. The van der Waals surface area contributed by atoms with Gasteiger partial charge in [-0.05, 0) is 48.7 Å². The summed E-state index contributed by atoms with van der Waals surface area (Å²) in [5, 5.41) is 6.97. The summed E-state index contributed by atoms with van der Waals surface area (Å²) in [7, 11) is 1.62. The van der Waals surface area contributed by atoms with E-state index in [2.05, 4.69) is 15.5 Å². The van der Waals surface area contributed by atoms with E-state index in [1.165, 1.54) is 0 Å². The average Bonchev–Trinajstić information content (AvgIpc) is 3.38. The third-order valence-corrected chi connectivity index (χ3v) is 5.86. The van der Waals surface area contributed by atoms with Crippen molar-refractivity contribution in [1.29, 1.82) is 0 Å². The number of hydrogen-bond donors (Lipinski definition) is 1. The first-order chi connectivity index (χ1) is 16.6. The summed E-state index contributed by atoms with van der Waals surface area (Å²) in [5.41, 5.74) is 2.42. The van der Waals surface area contributed by atoms with Gasteiger partial charge in [0.2, 0.25) is 23.5 Å². The molecule has 2 heterocycles. The van der Waals surface area contributed by atoms with Crippen LogP contribution in [0.5, 0.6) is 5.75 Å². The van der Waals surface area contributed by atoms with E-state index in [0.717, 1.165) is 29.7 Å². The Morgan fingerprint density at radius 3 is 2.65 bits per heavy atom. The first-order valence-corrected chi connectivity index (χ1v) is 11.4. The second-order valence-electron chi connectivity index (χ2n) is 8.14. The van der Waals surface area contributed by atoms with Crippen LogP contribution in [0.4, 0.5) is 5.69 Å². The molecule has 0 radical (unpaired) electrons. The number of carbonyl (C=O) groups excluding carboxylic acids is 2. The summed E-state index contributed by atoms with van der Waals surface area (Å²) < 4.78 is 10.7. The van der Waals surface area contributed by atoms with Crippen molar-refractivity contribution in [3.63, 3.8) is 0 Å². The summed E-state index contributed by atoms with van der Waals surface area (Å²) in [6, 6.07) is 14.9. The zero-order chi connectivity index (χ0) is 23.9. The number of amides is 2. The lowest BCUT2D eigenvalue weighted by Crippen LogP contribution is -2.36. The molecule has 0 bridgehead atoms. The molecule has 3 aromatic rings. The Labute approximate surface area is 198 Å². The fourth-order valence-electron chi connectivity index (χ4n) is 3.84. The number of ether oxygens (including phenoxy) is 1. The number of likely N-dealkylation sites (tertiary alicyclic amines) is 1. The van der Waals surface area contributed by atoms with Gasteiger partial charge in [-0.15, -0.1) is 0 Å². The molecule has 8 nitrogen and oxygen atoms in total. The summed E-state index contributed by atoms with van der Waals surface area (Å²) >= 11 is 0. The summed E-state index contributed by atoms with van der Waals surface area (Å²) in [4.78, 5) is 30.7. The van der Waals surface area contributed by atoms with Gasteiger partial charge in [0.25, 0.3) is 0 Å². The monoisotopic (exact) mass is 460 g/mol. The minimum absolute atomic E-state index is 0.00794. The number of piperidine rings is 1. The van der Waals surface area contributed by atoms with Gasteiger partial charge in [0.05, 0.1) is 7.11 Å². The molecule has 8 heteroatoms. The molecule has 34 heavy (non-hydrogen) atoms. The molecule has 0 spiro atoms. The Hall–Kier alpha value is -3.94. The van der Waals surface area contributed by atoms with Crippen molar-refractivity contribution in [2.24, 2.45) is 0 Å². The van der Waals surface area contributed by atoms with Crippen molar-refractivity contribution < 1.29 is 18.8 Å². The molecular formula is C26H28N4O4. The molecule has 0 unspecified atom stereocenters. The Kier molecular flexibility index (Phi) is 7.37. The third kappa shape index (κ3) is 5.70. The van der Waals surface area contributed by atoms with Crippen molar-refractivity contribution in [3.8, 4) is 17.1 Å². The highest BCUT2D eigenvalue weighted by Gasteiger charge is 2.27. The molecule has 4 rings (SSSR count). The highest BCUT2D eigenvalue weighted by Crippen LogP contribution is 2.29. The molecule has 1 saturated heterocycles. The van der Waals surface area contributed by atoms with Crippen molar-refractivity contribution >= 4 is 23.6 Å². The lowest BCUT2D eigenvalue weighted by atomic mass is 9.96. The van der Waals surface area contributed by atoms with Crippen LogP contribution in [0.25, 0.3) is 17.5 Å². The van der Waals surface area contributed by atoms with Crippen LogP contribution in [0.1, 0.15) is 43.6 Å². The van der Waals surface area contributed by atoms with Crippen LogP contribution in [-0.4, -0.2) is 47.1 Å². The van der Waals surface area contributed by atoms with Gasteiger partial charge in [0, 0.05) is 42.8 Å². The smallest absolute Gasteiger partial charge is 0.246 e. The van der Waals surface area contributed by atoms with Crippen molar-refractivity contribution in [2.45, 2.75) is 32.1 Å². The number of carbonyl (C=O) groups is 2. The predicted molar refractivity (Wildman–Crippen MR) is 129 cm³/mol. The van der Waals surface area contributed by atoms with Gasteiger partial charge >= 0.3 is 0 Å². The van der Waals surface area contributed by atoms with E-state index in [9.17, 15) is 9.59 Å². The number of aromatic nitrogens is 2. The van der Waals surface area contributed by atoms with E-state index < -0.39 is 0 Å². The van der Waals surface area contributed by atoms with Crippen LogP contribution >= 0.6 is 0 Å². The Bertz CT molecular complexity index is 1160. The summed E-state index contributed by atoms with van der Waals surface area (Å²) in [6.45, 7) is 3.07. The van der Waals surface area contributed by atoms with Crippen LogP contribution in [0.2, 0.25) is 0 Å². The number of benzene rings is 2. The van der Waals surface area contributed by atoms with Crippen LogP contribution < -0.4 is 10.1 Å². The van der Waals surface area contributed by atoms with Gasteiger partial charge in [0.15, 0.2) is 0 Å². The lowest BCUT2D eigenvalue weighted by molar-refractivity contribution is -0.127. The topological polar surface area (TPSA) is 97.6 Å². The van der Waals surface area contributed by atoms with E-state index in [-0.39, 0.29) is 17.7 Å². The Morgan fingerprint density at radius 1 is 1.18 bits per heavy atom. The van der Waals surface area contributed by atoms with Crippen molar-refractivity contribution in [2.75, 3.05) is 25.5 Å². The highest BCUT2D eigenvalue weighted by atomic mass is 16.5. The van der Waals surface area contributed by atoms with Gasteiger partial charge in [-0.1, -0.05) is 36.3 Å². The van der Waals surface area contributed by atoms with E-state index in [4.69, 9.17) is 9.26 Å². The van der Waals surface area contributed by atoms with Gasteiger partial charge < -0.3 is 19.5 Å².